The second-order valence-electron chi connectivity index (χ2n) is 3.56. The Kier molecular flexibility index (Phi) is 2.09. The van der Waals surface area contributed by atoms with Crippen molar-refractivity contribution in [2.75, 3.05) is 0 Å². The van der Waals surface area contributed by atoms with Gasteiger partial charge in [0.25, 0.3) is 0 Å². The summed E-state index contributed by atoms with van der Waals surface area (Å²) in [5, 5.41) is 1.37. The quantitative estimate of drug-likeness (QED) is 0.716. The maximum atomic E-state index is 3.34. The third-order valence-electron chi connectivity index (χ3n) is 2.53. The summed E-state index contributed by atoms with van der Waals surface area (Å²) in [4.78, 5) is 3.34. The second-order valence-corrected chi connectivity index (χ2v) is 3.56. The number of benzene rings is 1. The van der Waals surface area contributed by atoms with Crippen molar-refractivity contribution in [1.29, 1.82) is 0 Å². The highest BCUT2D eigenvalue weighted by Gasteiger charge is 2.02. The maximum Gasteiger partial charge on any atom is 0.0489 e. The van der Waals surface area contributed by atoms with E-state index in [1.54, 1.807) is 0 Å². The molecule has 0 saturated carbocycles. The van der Waals surface area contributed by atoms with Crippen LogP contribution < -0.4 is 0 Å². The zero-order chi connectivity index (χ0) is 9.26. The molecule has 0 spiro atoms. The zero-order valence-corrected chi connectivity index (χ0v) is 8.22. The first-order chi connectivity index (χ1) is 6.33. The highest BCUT2D eigenvalue weighted by atomic mass is 14.7. The molecule has 0 unspecified atom stereocenters. The average molecular weight is 173 g/mol. The van der Waals surface area contributed by atoms with Gasteiger partial charge < -0.3 is 4.98 Å². The fraction of sp³-hybridized carbons (Fsp3) is 0.333. The molecule has 0 aliphatic rings. The summed E-state index contributed by atoms with van der Waals surface area (Å²) >= 11 is 0. The summed E-state index contributed by atoms with van der Waals surface area (Å²) in [6.07, 6.45) is 4.46. The SMILES string of the molecule is CCCc1cccc2c(C)c[nH]c12. The van der Waals surface area contributed by atoms with Crippen molar-refractivity contribution in [3.8, 4) is 0 Å². The molecule has 1 heterocycles. The van der Waals surface area contributed by atoms with Gasteiger partial charge in [-0.15, -0.1) is 0 Å². The van der Waals surface area contributed by atoms with E-state index in [0.717, 1.165) is 6.42 Å². The predicted molar refractivity (Wildman–Crippen MR) is 57.0 cm³/mol. The third-order valence-corrected chi connectivity index (χ3v) is 2.53. The predicted octanol–water partition coefficient (Wildman–Crippen LogP) is 3.43. The number of H-pyrrole nitrogens is 1. The Morgan fingerprint density at radius 2 is 2.15 bits per heavy atom. The molecule has 0 radical (unpaired) electrons. The fourth-order valence-electron chi connectivity index (χ4n) is 1.84. The van der Waals surface area contributed by atoms with Gasteiger partial charge in [-0.1, -0.05) is 31.5 Å². The van der Waals surface area contributed by atoms with Crippen LogP contribution in [0.2, 0.25) is 0 Å². The molecule has 1 heteroatoms. The third kappa shape index (κ3) is 1.35. The van der Waals surface area contributed by atoms with E-state index in [2.05, 4.69) is 43.2 Å². The molecule has 2 rings (SSSR count). The lowest BCUT2D eigenvalue weighted by molar-refractivity contribution is 0.927. The van der Waals surface area contributed by atoms with Crippen LogP contribution in [0.1, 0.15) is 24.5 Å². The molecule has 1 nitrogen and oxygen atoms in total. The van der Waals surface area contributed by atoms with Crippen LogP contribution in [-0.4, -0.2) is 4.98 Å². The fourth-order valence-corrected chi connectivity index (χ4v) is 1.84. The molecule has 1 N–H and O–H groups in total. The van der Waals surface area contributed by atoms with Gasteiger partial charge in [0, 0.05) is 17.1 Å². The van der Waals surface area contributed by atoms with E-state index in [9.17, 15) is 0 Å². The molecule has 0 atom stereocenters. The Morgan fingerprint density at radius 1 is 1.31 bits per heavy atom. The number of hydrogen-bond donors (Lipinski definition) is 1. The van der Waals surface area contributed by atoms with Crippen LogP contribution in [-0.2, 0) is 6.42 Å². The van der Waals surface area contributed by atoms with Gasteiger partial charge in [0.05, 0.1) is 0 Å². The minimum absolute atomic E-state index is 1.16. The Hall–Kier alpha value is -1.24. The van der Waals surface area contributed by atoms with Gasteiger partial charge >= 0.3 is 0 Å². The van der Waals surface area contributed by atoms with Gasteiger partial charge in [-0.25, -0.2) is 0 Å². The van der Waals surface area contributed by atoms with Gasteiger partial charge in [-0.2, -0.15) is 0 Å². The van der Waals surface area contributed by atoms with Crippen LogP contribution in [0, 0.1) is 6.92 Å². The summed E-state index contributed by atoms with van der Waals surface area (Å²) in [6, 6.07) is 6.54. The molecule has 68 valence electrons. The average Bonchev–Trinajstić information content (AvgIpc) is 2.50. The van der Waals surface area contributed by atoms with E-state index in [1.165, 1.54) is 28.5 Å². The van der Waals surface area contributed by atoms with Crippen LogP contribution in [0.4, 0.5) is 0 Å². The first-order valence-corrected chi connectivity index (χ1v) is 4.88. The van der Waals surface area contributed by atoms with Gasteiger partial charge in [-0.05, 0) is 24.5 Å². The van der Waals surface area contributed by atoms with Gasteiger partial charge in [0.15, 0.2) is 0 Å². The molecule has 1 aromatic carbocycles. The Bertz CT molecular complexity index is 412. The molecular formula is C12H15N. The summed E-state index contributed by atoms with van der Waals surface area (Å²) in [5.41, 5.74) is 4.10. The second kappa shape index (κ2) is 3.25. The smallest absolute Gasteiger partial charge is 0.0489 e. The Labute approximate surface area is 78.8 Å². The van der Waals surface area contributed by atoms with Gasteiger partial charge in [0.2, 0.25) is 0 Å². The van der Waals surface area contributed by atoms with Crippen molar-refractivity contribution in [3.63, 3.8) is 0 Å². The highest BCUT2D eigenvalue weighted by molar-refractivity contribution is 5.85. The largest absolute Gasteiger partial charge is 0.361 e. The van der Waals surface area contributed by atoms with Crippen molar-refractivity contribution in [3.05, 3.63) is 35.5 Å². The zero-order valence-electron chi connectivity index (χ0n) is 8.22. The van der Waals surface area contributed by atoms with Gasteiger partial charge in [0.1, 0.15) is 0 Å². The number of nitrogens with one attached hydrogen (secondary N) is 1. The van der Waals surface area contributed by atoms with E-state index in [0.29, 0.717) is 0 Å². The van der Waals surface area contributed by atoms with Crippen LogP contribution in [0.15, 0.2) is 24.4 Å². The van der Waals surface area contributed by atoms with Crippen LogP contribution in [0.5, 0.6) is 0 Å². The van der Waals surface area contributed by atoms with E-state index in [4.69, 9.17) is 0 Å². The number of aromatic nitrogens is 1. The molecule has 13 heavy (non-hydrogen) atoms. The molecule has 0 bridgehead atoms. The number of para-hydroxylation sites is 1. The Morgan fingerprint density at radius 3 is 2.92 bits per heavy atom. The lowest BCUT2D eigenvalue weighted by atomic mass is 10.1. The van der Waals surface area contributed by atoms with Crippen molar-refractivity contribution in [2.45, 2.75) is 26.7 Å². The molecule has 0 aliphatic carbocycles. The Balaban J connectivity index is 2.63. The summed E-state index contributed by atoms with van der Waals surface area (Å²) in [7, 11) is 0. The highest BCUT2D eigenvalue weighted by Crippen LogP contribution is 2.21. The van der Waals surface area contributed by atoms with E-state index < -0.39 is 0 Å². The van der Waals surface area contributed by atoms with Crippen LogP contribution >= 0.6 is 0 Å². The first kappa shape index (κ1) is 8.36. The minimum atomic E-state index is 1.16. The van der Waals surface area contributed by atoms with E-state index in [-0.39, 0.29) is 0 Å². The maximum absolute atomic E-state index is 3.34. The normalized spacial score (nSPS) is 10.9. The topological polar surface area (TPSA) is 15.8 Å². The summed E-state index contributed by atoms with van der Waals surface area (Å²) in [5.74, 6) is 0. The summed E-state index contributed by atoms with van der Waals surface area (Å²) in [6.45, 7) is 4.36. The molecule has 0 amide bonds. The monoisotopic (exact) mass is 173 g/mol. The minimum Gasteiger partial charge on any atom is -0.361 e. The van der Waals surface area contributed by atoms with Crippen molar-refractivity contribution < 1.29 is 0 Å². The lowest BCUT2D eigenvalue weighted by Crippen LogP contribution is -1.84. The van der Waals surface area contributed by atoms with Crippen LogP contribution in [0.25, 0.3) is 10.9 Å². The number of aromatic amines is 1. The molecule has 0 aliphatic heterocycles. The van der Waals surface area contributed by atoms with E-state index >= 15 is 0 Å². The standard InChI is InChI=1S/C12H15N/c1-3-5-10-6-4-7-11-9(2)8-13-12(10)11/h4,6-8,13H,3,5H2,1-2H3. The summed E-state index contributed by atoms with van der Waals surface area (Å²) < 4.78 is 0. The van der Waals surface area contributed by atoms with E-state index in [1.807, 2.05) is 0 Å². The molecular weight excluding hydrogens is 158 g/mol. The van der Waals surface area contributed by atoms with Crippen LogP contribution in [0.3, 0.4) is 0 Å². The lowest BCUT2D eigenvalue weighted by Gasteiger charge is -2.00. The van der Waals surface area contributed by atoms with Crippen molar-refractivity contribution in [1.82, 2.24) is 4.98 Å². The number of rotatable bonds is 2. The van der Waals surface area contributed by atoms with Crippen molar-refractivity contribution >= 4 is 10.9 Å². The first-order valence-electron chi connectivity index (χ1n) is 4.88. The molecule has 0 saturated heterocycles. The number of hydrogen-bond acceptors (Lipinski definition) is 0. The molecule has 0 fully saturated rings. The number of fused-ring (bicyclic) bond motifs is 1. The molecule has 1 aromatic heterocycles. The number of aryl methyl sites for hydroxylation is 2. The van der Waals surface area contributed by atoms with Gasteiger partial charge in [-0.3, -0.25) is 0 Å². The molecule has 2 aromatic rings. The van der Waals surface area contributed by atoms with Crippen molar-refractivity contribution in [2.24, 2.45) is 0 Å².